The Morgan fingerprint density at radius 1 is 1.56 bits per heavy atom. The van der Waals surface area contributed by atoms with E-state index in [9.17, 15) is 0 Å². The maximum absolute atomic E-state index is 8.94. The molecule has 0 radical (unpaired) electrons. The Labute approximate surface area is 107 Å². The number of aryl methyl sites for hydroxylation is 1. The molecule has 18 heavy (non-hydrogen) atoms. The van der Waals surface area contributed by atoms with Gasteiger partial charge < -0.3 is 10.0 Å². The topological polar surface area (TPSA) is 73.0 Å². The van der Waals surface area contributed by atoms with Gasteiger partial charge in [-0.2, -0.15) is 5.26 Å². The highest BCUT2D eigenvalue weighted by Crippen LogP contribution is 2.25. The quantitative estimate of drug-likeness (QED) is 0.869. The number of nitriles is 1. The van der Waals surface area contributed by atoms with E-state index in [1.165, 1.54) is 0 Å². The van der Waals surface area contributed by atoms with Crippen LogP contribution in [-0.2, 0) is 0 Å². The summed E-state index contributed by atoms with van der Waals surface area (Å²) < 4.78 is 0. The first-order valence-corrected chi connectivity index (χ1v) is 6.38. The van der Waals surface area contributed by atoms with Crippen LogP contribution in [0, 0.1) is 18.3 Å². The van der Waals surface area contributed by atoms with Gasteiger partial charge in [-0.05, 0) is 38.7 Å². The summed E-state index contributed by atoms with van der Waals surface area (Å²) >= 11 is 0. The monoisotopic (exact) mass is 246 g/mol. The highest BCUT2D eigenvalue weighted by Gasteiger charge is 2.26. The SMILES string of the molecule is Cc1cc(C#N)nc(N2CCCC2CCCO)n1. The Morgan fingerprint density at radius 3 is 3.11 bits per heavy atom. The molecule has 1 fully saturated rings. The standard InChI is InChI=1S/C13H18N4O/c1-10-8-11(9-14)16-13(15-10)17-6-2-4-12(17)5-3-7-18/h8,12,18H,2-7H2,1H3. The Hall–Kier alpha value is -1.67. The van der Waals surface area contributed by atoms with Gasteiger partial charge in [0.05, 0.1) is 0 Å². The van der Waals surface area contributed by atoms with Crippen molar-refractivity contribution in [3.63, 3.8) is 0 Å². The third-order valence-electron chi connectivity index (χ3n) is 3.29. The predicted molar refractivity (Wildman–Crippen MR) is 68.2 cm³/mol. The largest absolute Gasteiger partial charge is 0.396 e. The lowest BCUT2D eigenvalue weighted by Crippen LogP contribution is -2.31. The van der Waals surface area contributed by atoms with Gasteiger partial charge >= 0.3 is 0 Å². The third-order valence-corrected chi connectivity index (χ3v) is 3.29. The zero-order valence-electron chi connectivity index (χ0n) is 10.6. The van der Waals surface area contributed by atoms with Crippen LogP contribution in [0.25, 0.3) is 0 Å². The number of hydrogen-bond acceptors (Lipinski definition) is 5. The van der Waals surface area contributed by atoms with Crippen LogP contribution < -0.4 is 4.90 Å². The third kappa shape index (κ3) is 2.77. The lowest BCUT2D eigenvalue weighted by atomic mass is 10.1. The highest BCUT2D eigenvalue weighted by molar-refractivity contribution is 5.38. The second kappa shape index (κ2) is 5.78. The smallest absolute Gasteiger partial charge is 0.227 e. The van der Waals surface area contributed by atoms with Gasteiger partial charge in [-0.15, -0.1) is 0 Å². The van der Waals surface area contributed by atoms with Crippen molar-refractivity contribution in [2.24, 2.45) is 0 Å². The van der Waals surface area contributed by atoms with Crippen LogP contribution >= 0.6 is 0 Å². The molecule has 0 saturated carbocycles. The van der Waals surface area contributed by atoms with Gasteiger partial charge in [-0.1, -0.05) is 0 Å². The highest BCUT2D eigenvalue weighted by atomic mass is 16.2. The molecule has 0 amide bonds. The van der Waals surface area contributed by atoms with Gasteiger partial charge in [-0.25, -0.2) is 9.97 Å². The minimum Gasteiger partial charge on any atom is -0.396 e. The van der Waals surface area contributed by atoms with Crippen molar-refractivity contribution in [3.05, 3.63) is 17.5 Å². The predicted octanol–water partition coefficient (Wildman–Crippen LogP) is 1.40. The van der Waals surface area contributed by atoms with E-state index >= 15 is 0 Å². The van der Waals surface area contributed by atoms with Crippen molar-refractivity contribution in [1.82, 2.24) is 9.97 Å². The minimum atomic E-state index is 0.225. The summed E-state index contributed by atoms with van der Waals surface area (Å²) in [4.78, 5) is 10.9. The molecule has 1 N–H and O–H groups in total. The average Bonchev–Trinajstić information content (AvgIpc) is 2.83. The molecule has 1 aliphatic heterocycles. The molecule has 96 valence electrons. The molecule has 0 spiro atoms. The van der Waals surface area contributed by atoms with Crippen LogP contribution in [0.1, 0.15) is 37.1 Å². The second-order valence-electron chi connectivity index (χ2n) is 4.66. The first-order chi connectivity index (χ1) is 8.74. The normalized spacial score (nSPS) is 18.9. The molecule has 1 aromatic rings. The molecular formula is C13H18N4O. The Kier molecular flexibility index (Phi) is 4.11. The van der Waals surface area contributed by atoms with Crippen molar-refractivity contribution in [2.75, 3.05) is 18.1 Å². The van der Waals surface area contributed by atoms with Gasteiger partial charge in [-0.3, -0.25) is 0 Å². The van der Waals surface area contributed by atoms with E-state index in [4.69, 9.17) is 10.4 Å². The number of anilines is 1. The van der Waals surface area contributed by atoms with Crippen molar-refractivity contribution in [1.29, 1.82) is 5.26 Å². The average molecular weight is 246 g/mol. The number of aliphatic hydroxyl groups excluding tert-OH is 1. The fourth-order valence-electron chi connectivity index (χ4n) is 2.46. The Bertz CT molecular complexity index is 455. The van der Waals surface area contributed by atoms with E-state index in [0.717, 1.165) is 37.9 Å². The molecular weight excluding hydrogens is 228 g/mol. The molecule has 1 atom stereocenters. The lowest BCUT2D eigenvalue weighted by Gasteiger charge is -2.24. The number of aliphatic hydroxyl groups is 1. The fraction of sp³-hybridized carbons (Fsp3) is 0.615. The van der Waals surface area contributed by atoms with E-state index in [-0.39, 0.29) is 6.61 Å². The Balaban J connectivity index is 2.19. The molecule has 0 aliphatic carbocycles. The van der Waals surface area contributed by atoms with Crippen molar-refractivity contribution < 1.29 is 5.11 Å². The van der Waals surface area contributed by atoms with E-state index in [1.807, 2.05) is 6.92 Å². The van der Waals surface area contributed by atoms with Crippen molar-refractivity contribution in [2.45, 2.75) is 38.6 Å². The van der Waals surface area contributed by atoms with Crippen LogP contribution in [0.3, 0.4) is 0 Å². The van der Waals surface area contributed by atoms with Gasteiger partial charge in [0.1, 0.15) is 11.8 Å². The molecule has 1 saturated heterocycles. The van der Waals surface area contributed by atoms with E-state index in [0.29, 0.717) is 17.7 Å². The molecule has 1 unspecified atom stereocenters. The summed E-state index contributed by atoms with van der Waals surface area (Å²) in [6.07, 6.45) is 3.99. The summed E-state index contributed by atoms with van der Waals surface area (Å²) in [5.41, 5.74) is 1.25. The van der Waals surface area contributed by atoms with Gasteiger partial charge in [0.25, 0.3) is 0 Å². The van der Waals surface area contributed by atoms with Gasteiger partial charge in [0.2, 0.25) is 5.95 Å². The first-order valence-electron chi connectivity index (χ1n) is 6.38. The van der Waals surface area contributed by atoms with Crippen molar-refractivity contribution >= 4 is 5.95 Å². The summed E-state index contributed by atoms with van der Waals surface area (Å²) in [6, 6.07) is 4.16. The number of hydrogen-bond donors (Lipinski definition) is 1. The maximum Gasteiger partial charge on any atom is 0.227 e. The summed E-state index contributed by atoms with van der Waals surface area (Å²) in [5, 5.41) is 17.9. The van der Waals surface area contributed by atoms with Gasteiger partial charge in [0, 0.05) is 24.9 Å². The molecule has 2 rings (SSSR count). The van der Waals surface area contributed by atoms with Crippen LogP contribution in [0.15, 0.2) is 6.07 Å². The molecule has 2 heterocycles. The molecule has 1 aromatic heterocycles. The van der Waals surface area contributed by atoms with E-state index < -0.39 is 0 Å². The maximum atomic E-state index is 8.94. The molecule has 5 nitrogen and oxygen atoms in total. The summed E-state index contributed by atoms with van der Waals surface area (Å²) in [6.45, 7) is 3.04. The van der Waals surface area contributed by atoms with Gasteiger partial charge in [0.15, 0.2) is 0 Å². The lowest BCUT2D eigenvalue weighted by molar-refractivity contribution is 0.279. The van der Waals surface area contributed by atoms with Crippen LogP contribution in [0.4, 0.5) is 5.95 Å². The number of rotatable bonds is 4. The molecule has 5 heteroatoms. The summed E-state index contributed by atoms with van der Waals surface area (Å²) in [7, 11) is 0. The van der Waals surface area contributed by atoms with E-state index in [1.54, 1.807) is 6.07 Å². The zero-order chi connectivity index (χ0) is 13.0. The number of nitrogens with zero attached hydrogens (tertiary/aromatic N) is 4. The van der Waals surface area contributed by atoms with E-state index in [2.05, 4.69) is 20.9 Å². The Morgan fingerprint density at radius 2 is 2.39 bits per heavy atom. The summed E-state index contributed by atoms with van der Waals surface area (Å²) in [5.74, 6) is 0.659. The zero-order valence-corrected chi connectivity index (χ0v) is 10.6. The van der Waals surface area contributed by atoms with Crippen LogP contribution in [-0.4, -0.2) is 34.3 Å². The van der Waals surface area contributed by atoms with Crippen molar-refractivity contribution in [3.8, 4) is 6.07 Å². The first kappa shape index (κ1) is 12.8. The van der Waals surface area contributed by atoms with Crippen LogP contribution in [0.5, 0.6) is 0 Å². The van der Waals surface area contributed by atoms with Crippen LogP contribution in [0.2, 0.25) is 0 Å². The molecule has 1 aliphatic rings. The molecule has 0 bridgehead atoms. The number of aromatic nitrogens is 2. The fourth-order valence-corrected chi connectivity index (χ4v) is 2.46. The second-order valence-corrected chi connectivity index (χ2v) is 4.66. The minimum absolute atomic E-state index is 0.225. The molecule has 0 aromatic carbocycles.